The molecular weight excluding hydrogens is 206 g/mol. The van der Waals surface area contributed by atoms with Gasteiger partial charge in [0.1, 0.15) is 0 Å². The topological polar surface area (TPSA) is 84.2 Å². The molecule has 0 aromatic heterocycles. The summed E-state index contributed by atoms with van der Waals surface area (Å²) in [6.07, 6.45) is 1.87. The van der Waals surface area contributed by atoms with Crippen LogP contribution in [0.5, 0.6) is 0 Å². The van der Waals surface area contributed by atoms with E-state index >= 15 is 0 Å². The van der Waals surface area contributed by atoms with Gasteiger partial charge in [-0.25, -0.2) is 0 Å². The van der Waals surface area contributed by atoms with Crippen molar-refractivity contribution in [3.63, 3.8) is 0 Å². The van der Waals surface area contributed by atoms with E-state index in [1.807, 2.05) is 6.92 Å². The predicted octanol–water partition coefficient (Wildman–Crippen LogP) is -0.244. The van der Waals surface area contributed by atoms with Crippen molar-refractivity contribution in [2.24, 2.45) is 11.1 Å². The molecule has 1 aliphatic heterocycles. The van der Waals surface area contributed by atoms with E-state index in [-0.39, 0.29) is 29.7 Å². The molecule has 0 radical (unpaired) electrons. The van der Waals surface area contributed by atoms with Gasteiger partial charge in [0.15, 0.2) is 0 Å². The normalized spacial score (nSPS) is 26.4. The van der Waals surface area contributed by atoms with E-state index in [0.717, 1.165) is 25.9 Å². The lowest BCUT2D eigenvalue weighted by Crippen LogP contribution is -2.46. The quantitative estimate of drug-likeness (QED) is 0.606. The molecule has 2 unspecified atom stereocenters. The molecule has 2 amide bonds. The van der Waals surface area contributed by atoms with Gasteiger partial charge in [-0.1, -0.05) is 6.92 Å². The molecule has 5 nitrogen and oxygen atoms in total. The van der Waals surface area contributed by atoms with E-state index in [1.54, 1.807) is 6.92 Å². The van der Waals surface area contributed by atoms with Gasteiger partial charge < -0.3 is 16.4 Å². The zero-order valence-corrected chi connectivity index (χ0v) is 10.0. The highest BCUT2D eigenvalue weighted by Gasteiger charge is 2.39. The first kappa shape index (κ1) is 13.0. The average Bonchev–Trinajstić information content (AvgIpc) is 2.65. The highest BCUT2D eigenvalue weighted by Crippen LogP contribution is 2.29. The van der Waals surface area contributed by atoms with Crippen molar-refractivity contribution in [1.82, 2.24) is 10.6 Å². The Labute approximate surface area is 96.1 Å². The van der Waals surface area contributed by atoms with Crippen molar-refractivity contribution in [3.05, 3.63) is 0 Å². The minimum Gasteiger partial charge on any atom is -0.370 e. The van der Waals surface area contributed by atoms with E-state index in [4.69, 9.17) is 5.73 Å². The lowest BCUT2D eigenvalue weighted by molar-refractivity contribution is -0.131. The van der Waals surface area contributed by atoms with Crippen LogP contribution in [0.15, 0.2) is 0 Å². The van der Waals surface area contributed by atoms with Gasteiger partial charge in [0.05, 0.1) is 5.41 Å². The SMILES string of the molecule is CCC1(C(=O)NC(C)CC(N)=O)CCNC1. The number of hydrogen-bond acceptors (Lipinski definition) is 3. The van der Waals surface area contributed by atoms with Gasteiger partial charge in [-0.05, 0) is 26.3 Å². The Bertz CT molecular complexity index is 272. The van der Waals surface area contributed by atoms with Crippen LogP contribution in [0, 0.1) is 5.41 Å². The monoisotopic (exact) mass is 227 g/mol. The summed E-state index contributed by atoms with van der Waals surface area (Å²) in [6, 6.07) is -0.186. The zero-order valence-electron chi connectivity index (χ0n) is 10.0. The second kappa shape index (κ2) is 5.30. The van der Waals surface area contributed by atoms with Gasteiger partial charge in [0, 0.05) is 19.0 Å². The molecule has 0 bridgehead atoms. The molecular formula is C11H21N3O2. The molecule has 0 spiro atoms. The van der Waals surface area contributed by atoms with Gasteiger partial charge >= 0.3 is 0 Å². The molecule has 0 aromatic carbocycles. The van der Waals surface area contributed by atoms with Crippen LogP contribution in [-0.2, 0) is 9.59 Å². The molecule has 1 rings (SSSR count). The van der Waals surface area contributed by atoms with Crippen molar-refractivity contribution in [1.29, 1.82) is 0 Å². The summed E-state index contributed by atoms with van der Waals surface area (Å²) in [7, 11) is 0. The summed E-state index contributed by atoms with van der Waals surface area (Å²) < 4.78 is 0. The molecule has 5 heteroatoms. The van der Waals surface area contributed by atoms with Crippen molar-refractivity contribution in [2.75, 3.05) is 13.1 Å². The van der Waals surface area contributed by atoms with Crippen LogP contribution in [0.4, 0.5) is 0 Å². The van der Waals surface area contributed by atoms with E-state index in [0.29, 0.717) is 0 Å². The van der Waals surface area contributed by atoms with Gasteiger partial charge in [-0.15, -0.1) is 0 Å². The molecule has 1 fully saturated rings. The number of carbonyl (C=O) groups excluding carboxylic acids is 2. The van der Waals surface area contributed by atoms with Gasteiger partial charge in [-0.2, -0.15) is 0 Å². The van der Waals surface area contributed by atoms with Gasteiger partial charge in [-0.3, -0.25) is 9.59 Å². The third kappa shape index (κ3) is 2.95. The molecule has 1 saturated heterocycles. The largest absolute Gasteiger partial charge is 0.370 e. The van der Waals surface area contributed by atoms with Crippen LogP contribution in [0.1, 0.15) is 33.1 Å². The minimum atomic E-state index is -0.386. The molecule has 2 atom stereocenters. The third-order valence-electron chi connectivity index (χ3n) is 3.29. The van der Waals surface area contributed by atoms with Crippen LogP contribution < -0.4 is 16.4 Å². The van der Waals surface area contributed by atoms with Crippen molar-refractivity contribution in [3.8, 4) is 0 Å². The smallest absolute Gasteiger partial charge is 0.227 e. The Morgan fingerprint density at radius 2 is 2.25 bits per heavy atom. The molecule has 0 aliphatic carbocycles. The van der Waals surface area contributed by atoms with E-state index in [1.165, 1.54) is 0 Å². The molecule has 4 N–H and O–H groups in total. The molecule has 1 heterocycles. The second-order valence-corrected chi connectivity index (χ2v) is 4.61. The Hall–Kier alpha value is -1.10. The Balaban J connectivity index is 2.53. The predicted molar refractivity (Wildman–Crippen MR) is 61.6 cm³/mol. The summed E-state index contributed by atoms with van der Waals surface area (Å²) in [5.41, 5.74) is 4.79. The first-order valence-electron chi connectivity index (χ1n) is 5.80. The summed E-state index contributed by atoms with van der Waals surface area (Å²) in [6.45, 7) is 5.42. The number of carbonyl (C=O) groups is 2. The fourth-order valence-corrected chi connectivity index (χ4v) is 2.13. The van der Waals surface area contributed by atoms with Crippen molar-refractivity contribution in [2.45, 2.75) is 39.2 Å². The summed E-state index contributed by atoms with van der Waals surface area (Å²) in [5, 5.41) is 6.07. The van der Waals surface area contributed by atoms with Crippen molar-refractivity contribution >= 4 is 11.8 Å². The van der Waals surface area contributed by atoms with Gasteiger partial charge in [0.25, 0.3) is 0 Å². The van der Waals surface area contributed by atoms with Crippen LogP contribution in [0.25, 0.3) is 0 Å². The molecule has 0 saturated carbocycles. The van der Waals surface area contributed by atoms with Gasteiger partial charge in [0.2, 0.25) is 11.8 Å². The maximum Gasteiger partial charge on any atom is 0.227 e. The fourth-order valence-electron chi connectivity index (χ4n) is 2.13. The van der Waals surface area contributed by atoms with Crippen LogP contribution in [-0.4, -0.2) is 30.9 Å². The fraction of sp³-hybridized carbons (Fsp3) is 0.818. The number of rotatable bonds is 5. The maximum atomic E-state index is 12.1. The first-order valence-corrected chi connectivity index (χ1v) is 5.80. The molecule has 0 aromatic rings. The number of primary amides is 1. The third-order valence-corrected chi connectivity index (χ3v) is 3.29. The average molecular weight is 227 g/mol. The van der Waals surface area contributed by atoms with Crippen LogP contribution >= 0.6 is 0 Å². The second-order valence-electron chi connectivity index (χ2n) is 4.61. The zero-order chi connectivity index (χ0) is 12.2. The lowest BCUT2D eigenvalue weighted by Gasteiger charge is -2.27. The number of nitrogens with two attached hydrogens (primary N) is 1. The Morgan fingerprint density at radius 1 is 1.56 bits per heavy atom. The number of amides is 2. The molecule has 92 valence electrons. The number of nitrogens with one attached hydrogen (secondary N) is 2. The lowest BCUT2D eigenvalue weighted by atomic mass is 9.83. The van der Waals surface area contributed by atoms with E-state index < -0.39 is 0 Å². The van der Waals surface area contributed by atoms with Crippen LogP contribution in [0.3, 0.4) is 0 Å². The number of hydrogen-bond donors (Lipinski definition) is 3. The summed E-state index contributed by atoms with van der Waals surface area (Å²) >= 11 is 0. The van der Waals surface area contributed by atoms with Crippen molar-refractivity contribution < 1.29 is 9.59 Å². The van der Waals surface area contributed by atoms with E-state index in [9.17, 15) is 9.59 Å². The Kier molecular flexibility index (Phi) is 4.29. The Morgan fingerprint density at radius 3 is 2.69 bits per heavy atom. The highest BCUT2D eigenvalue weighted by atomic mass is 16.2. The maximum absolute atomic E-state index is 12.1. The summed E-state index contributed by atoms with van der Waals surface area (Å²) in [4.78, 5) is 22.8. The standard InChI is InChI=1S/C11H21N3O2/c1-3-11(4-5-13-7-11)10(16)14-8(2)6-9(12)15/h8,13H,3-7H2,1-2H3,(H2,12,15)(H,14,16). The molecule has 16 heavy (non-hydrogen) atoms. The van der Waals surface area contributed by atoms with Crippen LogP contribution in [0.2, 0.25) is 0 Å². The minimum absolute atomic E-state index is 0.0359. The molecule has 1 aliphatic rings. The summed E-state index contributed by atoms with van der Waals surface area (Å²) in [5.74, 6) is -0.350. The van der Waals surface area contributed by atoms with E-state index in [2.05, 4.69) is 10.6 Å². The highest BCUT2D eigenvalue weighted by molar-refractivity contribution is 5.84. The first-order chi connectivity index (χ1) is 7.50.